The SMILES string of the molecule is CN(CC1CCCCN1C)C(=O)c1cccc(Cc2n[nH]c(=O)c3c2CCCC3)c1. The molecule has 1 unspecified atom stereocenters. The summed E-state index contributed by atoms with van der Waals surface area (Å²) in [5, 5.41) is 7.01. The van der Waals surface area contributed by atoms with E-state index in [9.17, 15) is 9.59 Å². The van der Waals surface area contributed by atoms with Crippen molar-refractivity contribution < 1.29 is 4.79 Å². The van der Waals surface area contributed by atoms with Crippen molar-refractivity contribution in [2.24, 2.45) is 0 Å². The number of likely N-dealkylation sites (N-methyl/N-ethyl adjacent to an activating group) is 2. The van der Waals surface area contributed by atoms with E-state index in [4.69, 9.17) is 0 Å². The van der Waals surface area contributed by atoms with E-state index in [1.165, 1.54) is 12.8 Å². The van der Waals surface area contributed by atoms with Gasteiger partial charge in [-0.05, 0) is 75.4 Å². The predicted molar refractivity (Wildman–Crippen MR) is 118 cm³/mol. The van der Waals surface area contributed by atoms with Gasteiger partial charge in [0.05, 0.1) is 5.69 Å². The molecule has 1 aliphatic carbocycles. The largest absolute Gasteiger partial charge is 0.340 e. The van der Waals surface area contributed by atoms with Crippen LogP contribution in [0.15, 0.2) is 29.1 Å². The first-order valence-electron chi connectivity index (χ1n) is 11.2. The molecule has 30 heavy (non-hydrogen) atoms. The lowest BCUT2D eigenvalue weighted by atomic mass is 9.90. The highest BCUT2D eigenvalue weighted by Gasteiger charge is 2.23. The molecule has 1 aromatic heterocycles. The lowest BCUT2D eigenvalue weighted by Crippen LogP contribution is -2.45. The summed E-state index contributed by atoms with van der Waals surface area (Å²) in [7, 11) is 4.05. The van der Waals surface area contributed by atoms with Gasteiger partial charge in [0.15, 0.2) is 0 Å². The molecule has 4 rings (SSSR count). The molecule has 2 aliphatic rings. The van der Waals surface area contributed by atoms with Gasteiger partial charge in [0.1, 0.15) is 0 Å². The van der Waals surface area contributed by atoms with Crippen LogP contribution in [0.4, 0.5) is 0 Å². The highest BCUT2D eigenvalue weighted by Crippen LogP contribution is 2.23. The Bertz CT molecular complexity index is 968. The minimum atomic E-state index is -0.0494. The molecule has 0 bridgehead atoms. The van der Waals surface area contributed by atoms with E-state index in [-0.39, 0.29) is 11.5 Å². The van der Waals surface area contributed by atoms with Crippen LogP contribution < -0.4 is 5.56 Å². The number of amides is 1. The van der Waals surface area contributed by atoms with Gasteiger partial charge in [-0.2, -0.15) is 5.10 Å². The van der Waals surface area contributed by atoms with Crippen LogP contribution >= 0.6 is 0 Å². The van der Waals surface area contributed by atoms with Gasteiger partial charge < -0.3 is 9.80 Å². The van der Waals surface area contributed by atoms with Gasteiger partial charge in [-0.1, -0.05) is 18.6 Å². The standard InChI is InChI=1S/C24H32N4O2/c1-27-13-6-5-10-19(27)16-28(2)24(30)18-9-7-8-17(14-18)15-22-20-11-3-4-12-21(20)23(29)26-25-22/h7-9,14,19H,3-6,10-13,15-16H2,1-2H3,(H,26,29). The fraction of sp³-hybridized carbons (Fsp3) is 0.542. The maximum absolute atomic E-state index is 13.1. The maximum Gasteiger partial charge on any atom is 0.267 e. The Hall–Kier alpha value is -2.47. The first-order valence-corrected chi connectivity index (χ1v) is 11.2. The number of aromatic nitrogens is 2. The number of H-pyrrole nitrogens is 1. The minimum absolute atomic E-state index is 0.0494. The molecule has 1 saturated heterocycles. The van der Waals surface area contributed by atoms with Crippen LogP contribution in [-0.2, 0) is 19.3 Å². The topological polar surface area (TPSA) is 69.3 Å². The third-order valence-electron chi connectivity index (χ3n) is 6.68. The predicted octanol–water partition coefficient (Wildman–Crippen LogP) is 2.80. The van der Waals surface area contributed by atoms with Gasteiger partial charge in [-0.25, -0.2) is 5.10 Å². The summed E-state index contributed by atoms with van der Waals surface area (Å²) in [5.41, 5.74) is 4.66. The van der Waals surface area contributed by atoms with Gasteiger partial charge in [-0.15, -0.1) is 0 Å². The molecule has 0 saturated carbocycles. The third kappa shape index (κ3) is 4.48. The molecule has 160 valence electrons. The van der Waals surface area contributed by atoms with E-state index in [0.717, 1.165) is 67.6 Å². The second-order valence-electron chi connectivity index (χ2n) is 8.86. The second kappa shape index (κ2) is 9.13. The van der Waals surface area contributed by atoms with Crippen LogP contribution in [0.5, 0.6) is 0 Å². The average Bonchev–Trinajstić information content (AvgIpc) is 2.77. The van der Waals surface area contributed by atoms with Crippen LogP contribution in [-0.4, -0.2) is 59.1 Å². The Kier molecular flexibility index (Phi) is 6.32. The van der Waals surface area contributed by atoms with Crippen molar-refractivity contribution in [2.75, 3.05) is 27.2 Å². The van der Waals surface area contributed by atoms with Crippen molar-refractivity contribution in [1.29, 1.82) is 0 Å². The molecule has 1 aromatic carbocycles. The van der Waals surface area contributed by atoms with Crippen molar-refractivity contribution in [1.82, 2.24) is 20.0 Å². The van der Waals surface area contributed by atoms with Crippen LogP contribution in [0, 0.1) is 0 Å². The quantitative estimate of drug-likeness (QED) is 0.826. The lowest BCUT2D eigenvalue weighted by Gasteiger charge is -2.35. The number of hydrogen-bond acceptors (Lipinski definition) is 4. The van der Waals surface area contributed by atoms with Gasteiger partial charge in [0.25, 0.3) is 11.5 Å². The normalized spacial score (nSPS) is 19.3. The Labute approximate surface area is 178 Å². The number of nitrogens with zero attached hydrogens (tertiary/aromatic N) is 3. The number of carbonyl (C=O) groups excluding carboxylic acids is 1. The molecule has 0 spiro atoms. The molecule has 0 radical (unpaired) electrons. The molecule has 1 amide bonds. The summed E-state index contributed by atoms with van der Waals surface area (Å²) in [6, 6.07) is 8.29. The molecule has 6 nitrogen and oxygen atoms in total. The number of aromatic amines is 1. The summed E-state index contributed by atoms with van der Waals surface area (Å²) in [5.74, 6) is 0.0623. The van der Waals surface area contributed by atoms with E-state index >= 15 is 0 Å². The Balaban J connectivity index is 1.49. The van der Waals surface area contributed by atoms with E-state index in [0.29, 0.717) is 18.0 Å². The van der Waals surface area contributed by atoms with Gasteiger partial charge in [0, 0.05) is 37.2 Å². The fourth-order valence-corrected chi connectivity index (χ4v) is 4.88. The number of carbonyl (C=O) groups is 1. The van der Waals surface area contributed by atoms with Crippen LogP contribution in [0.1, 0.15) is 64.8 Å². The Morgan fingerprint density at radius 3 is 2.80 bits per heavy atom. The van der Waals surface area contributed by atoms with Gasteiger partial charge in [0.2, 0.25) is 0 Å². The monoisotopic (exact) mass is 408 g/mol. The van der Waals surface area contributed by atoms with Gasteiger partial charge in [-0.3, -0.25) is 9.59 Å². The number of fused-ring (bicyclic) bond motifs is 1. The Morgan fingerprint density at radius 1 is 1.20 bits per heavy atom. The summed E-state index contributed by atoms with van der Waals surface area (Å²) in [4.78, 5) is 29.4. The smallest absolute Gasteiger partial charge is 0.267 e. The van der Waals surface area contributed by atoms with E-state index in [1.807, 2.05) is 36.2 Å². The molecular formula is C24H32N4O2. The van der Waals surface area contributed by atoms with Crippen LogP contribution in [0.3, 0.4) is 0 Å². The zero-order chi connectivity index (χ0) is 21.1. The molecular weight excluding hydrogens is 376 g/mol. The first kappa shape index (κ1) is 20.8. The van der Waals surface area contributed by atoms with Crippen molar-refractivity contribution >= 4 is 5.91 Å². The van der Waals surface area contributed by atoms with E-state index < -0.39 is 0 Å². The van der Waals surface area contributed by atoms with Crippen molar-refractivity contribution in [3.8, 4) is 0 Å². The summed E-state index contributed by atoms with van der Waals surface area (Å²) >= 11 is 0. The molecule has 2 aromatic rings. The number of hydrogen-bond donors (Lipinski definition) is 1. The second-order valence-corrected chi connectivity index (χ2v) is 8.86. The summed E-state index contributed by atoms with van der Waals surface area (Å²) < 4.78 is 0. The molecule has 1 N–H and O–H groups in total. The van der Waals surface area contributed by atoms with E-state index in [1.54, 1.807) is 0 Å². The number of benzene rings is 1. The molecule has 1 aliphatic heterocycles. The maximum atomic E-state index is 13.1. The number of piperidine rings is 1. The van der Waals surface area contributed by atoms with Crippen molar-refractivity contribution in [3.63, 3.8) is 0 Å². The fourth-order valence-electron chi connectivity index (χ4n) is 4.88. The van der Waals surface area contributed by atoms with Crippen molar-refractivity contribution in [2.45, 2.75) is 57.4 Å². The highest BCUT2D eigenvalue weighted by atomic mass is 16.2. The summed E-state index contributed by atoms with van der Waals surface area (Å²) in [6.45, 7) is 1.87. The molecule has 1 fully saturated rings. The Morgan fingerprint density at radius 2 is 2.00 bits per heavy atom. The third-order valence-corrected chi connectivity index (χ3v) is 6.68. The average molecular weight is 409 g/mol. The number of nitrogens with one attached hydrogen (secondary N) is 1. The van der Waals surface area contributed by atoms with Crippen LogP contribution in [0.25, 0.3) is 0 Å². The molecule has 1 atom stereocenters. The number of rotatable bonds is 5. The number of likely N-dealkylation sites (tertiary alicyclic amines) is 1. The van der Waals surface area contributed by atoms with Crippen molar-refractivity contribution in [3.05, 3.63) is 62.6 Å². The van der Waals surface area contributed by atoms with Gasteiger partial charge >= 0.3 is 0 Å². The zero-order valence-corrected chi connectivity index (χ0v) is 18.1. The summed E-state index contributed by atoms with van der Waals surface area (Å²) in [6.07, 6.45) is 8.18. The first-order chi connectivity index (χ1) is 14.5. The zero-order valence-electron chi connectivity index (χ0n) is 18.1. The molecule has 6 heteroatoms. The molecule has 2 heterocycles. The highest BCUT2D eigenvalue weighted by molar-refractivity contribution is 5.94. The van der Waals surface area contributed by atoms with Crippen LogP contribution in [0.2, 0.25) is 0 Å². The lowest BCUT2D eigenvalue weighted by molar-refractivity contribution is 0.0717. The van der Waals surface area contributed by atoms with E-state index in [2.05, 4.69) is 22.1 Å². The minimum Gasteiger partial charge on any atom is -0.340 e.